The minimum absolute atomic E-state index is 0.152. The zero-order valence-electron chi connectivity index (χ0n) is 15.1. The molecule has 154 valence electrons. The number of nitrogen functional groups attached to an aromatic ring is 2. The highest BCUT2D eigenvalue weighted by atomic mass is 19.4. The summed E-state index contributed by atoms with van der Waals surface area (Å²) < 4.78 is 60.6. The van der Waals surface area contributed by atoms with Crippen molar-refractivity contribution in [3.8, 4) is 18.0 Å². The number of hydrogen-bond donors (Lipinski definition) is 4. The Labute approximate surface area is 166 Å². The number of methoxy groups -OCH3 is 1. The highest BCUT2D eigenvalue weighted by molar-refractivity contribution is 5.98. The summed E-state index contributed by atoms with van der Waals surface area (Å²) in [6.07, 6.45) is -3.56. The van der Waals surface area contributed by atoms with E-state index in [1.54, 1.807) is 12.3 Å². The van der Waals surface area contributed by atoms with Crippen molar-refractivity contribution in [2.24, 2.45) is 4.99 Å². The third-order valence-corrected chi connectivity index (χ3v) is 4.29. The fraction of sp³-hybridized carbons (Fsp3) is 0.176. The van der Waals surface area contributed by atoms with Crippen LogP contribution >= 0.6 is 0 Å². The number of pyridine rings is 1. The molecule has 1 aliphatic rings. The third kappa shape index (κ3) is 3.22. The smallest absolute Gasteiger partial charge is 0.419 e. The molecule has 0 saturated carbocycles. The van der Waals surface area contributed by atoms with Crippen LogP contribution in [0.3, 0.4) is 0 Å². The number of alkyl halides is 3. The lowest BCUT2D eigenvalue weighted by Crippen LogP contribution is -2.33. The number of benzene rings is 1. The number of aliphatic imine (C=N–C) groups is 1. The fourth-order valence-corrected chi connectivity index (χ4v) is 3.10. The first kappa shape index (κ1) is 20.5. The number of fused-ring (bicyclic) bond motifs is 1. The minimum atomic E-state index is -5.12. The zero-order valence-corrected chi connectivity index (χ0v) is 15.1. The quantitative estimate of drug-likeness (QED) is 0.327. The van der Waals surface area contributed by atoms with E-state index in [0.717, 1.165) is 13.2 Å². The molecule has 13 heteroatoms. The Hall–Kier alpha value is -4.26. The van der Waals surface area contributed by atoms with Gasteiger partial charge in [0.1, 0.15) is 46.4 Å². The number of nitriles is 2. The molecule has 2 aromatic rings. The monoisotopic (exact) mass is 420 g/mol. The van der Waals surface area contributed by atoms with Crippen LogP contribution in [-0.4, -0.2) is 18.1 Å². The third-order valence-electron chi connectivity index (χ3n) is 4.29. The van der Waals surface area contributed by atoms with Crippen molar-refractivity contribution in [3.05, 3.63) is 40.2 Å². The molecule has 30 heavy (non-hydrogen) atoms. The zero-order chi connectivity index (χ0) is 22.2. The maximum atomic E-state index is 14.3. The van der Waals surface area contributed by atoms with Gasteiger partial charge in [-0.05, 0) is 12.1 Å². The summed E-state index contributed by atoms with van der Waals surface area (Å²) in [6, 6.07) is 1.71. The lowest BCUT2D eigenvalue weighted by atomic mass is 9.90. The van der Waals surface area contributed by atoms with Crippen molar-refractivity contribution in [2.45, 2.75) is 12.2 Å². The summed E-state index contributed by atoms with van der Waals surface area (Å²) in [4.78, 5) is 7.97. The molecule has 0 radical (unpaired) electrons. The Bertz CT molecular complexity index is 1150. The molecule has 9 nitrogen and oxygen atoms in total. The van der Waals surface area contributed by atoms with Crippen LogP contribution in [0.15, 0.2) is 17.1 Å². The van der Waals surface area contributed by atoms with E-state index in [0.29, 0.717) is 6.07 Å². The average Bonchev–Trinajstić information content (AvgIpc) is 2.66. The second-order valence-electron chi connectivity index (χ2n) is 5.94. The predicted molar refractivity (Wildman–Crippen MR) is 97.4 cm³/mol. The van der Waals surface area contributed by atoms with Crippen molar-refractivity contribution in [2.75, 3.05) is 23.9 Å². The molecule has 1 aromatic carbocycles. The molecule has 6 N–H and O–H groups in total. The van der Waals surface area contributed by atoms with Crippen molar-refractivity contribution >= 4 is 23.3 Å². The number of aromatic nitrogens is 1. The second-order valence-corrected chi connectivity index (χ2v) is 5.94. The molecule has 3 rings (SSSR count). The molecule has 0 fully saturated rings. The van der Waals surface area contributed by atoms with Gasteiger partial charge in [-0.25, -0.2) is 14.4 Å². The van der Waals surface area contributed by atoms with Gasteiger partial charge in [0.2, 0.25) is 5.96 Å². The predicted octanol–water partition coefficient (Wildman–Crippen LogP) is 2.23. The van der Waals surface area contributed by atoms with Crippen LogP contribution in [0.4, 0.5) is 34.9 Å². The number of halogens is 4. The van der Waals surface area contributed by atoms with E-state index < -0.39 is 29.2 Å². The Morgan fingerprint density at radius 2 is 1.93 bits per heavy atom. The molecule has 0 saturated heterocycles. The minimum Gasteiger partial charge on any atom is -0.496 e. The number of hydrogen-bond acceptors (Lipinski definition) is 9. The highest BCUT2D eigenvalue weighted by Crippen LogP contribution is 2.48. The van der Waals surface area contributed by atoms with Crippen LogP contribution in [0.2, 0.25) is 0 Å². The van der Waals surface area contributed by atoms with Gasteiger partial charge in [-0.2, -0.15) is 23.7 Å². The van der Waals surface area contributed by atoms with Crippen LogP contribution in [0.25, 0.3) is 0 Å². The molecular formula is C17H12F4N8O. The van der Waals surface area contributed by atoms with E-state index in [1.165, 1.54) is 0 Å². The van der Waals surface area contributed by atoms with Gasteiger partial charge in [-0.1, -0.05) is 0 Å². The molecule has 0 spiro atoms. The van der Waals surface area contributed by atoms with Gasteiger partial charge < -0.3 is 21.5 Å². The highest BCUT2D eigenvalue weighted by Gasteiger charge is 2.43. The number of nitrogens with zero attached hydrogens (tertiary/aromatic N) is 4. The Morgan fingerprint density at radius 3 is 2.50 bits per heavy atom. The van der Waals surface area contributed by atoms with Gasteiger partial charge in [0, 0.05) is 11.1 Å². The second kappa shape index (κ2) is 7.29. The largest absolute Gasteiger partial charge is 0.496 e. The lowest BCUT2D eigenvalue weighted by molar-refractivity contribution is -0.140. The number of rotatable bonds is 2. The van der Waals surface area contributed by atoms with Gasteiger partial charge in [0.05, 0.1) is 12.8 Å². The summed E-state index contributed by atoms with van der Waals surface area (Å²) in [5, 5.41) is 22.9. The molecule has 0 amide bonds. The van der Waals surface area contributed by atoms with Crippen molar-refractivity contribution < 1.29 is 22.3 Å². The van der Waals surface area contributed by atoms with E-state index in [-0.39, 0.29) is 40.2 Å². The molecule has 0 aliphatic carbocycles. The Balaban J connectivity index is 2.44. The molecule has 1 unspecified atom stereocenters. The summed E-state index contributed by atoms with van der Waals surface area (Å²) in [5.41, 5.74) is 8.63. The van der Waals surface area contributed by atoms with E-state index in [9.17, 15) is 22.8 Å². The van der Waals surface area contributed by atoms with Crippen LogP contribution in [0.5, 0.6) is 5.75 Å². The fourth-order valence-electron chi connectivity index (χ4n) is 3.10. The summed E-state index contributed by atoms with van der Waals surface area (Å²) >= 11 is 0. The van der Waals surface area contributed by atoms with Gasteiger partial charge in [0.25, 0.3) is 0 Å². The molecule has 2 heterocycles. The molecule has 0 bridgehead atoms. The number of anilines is 3. The van der Waals surface area contributed by atoms with Crippen molar-refractivity contribution in [1.29, 1.82) is 10.5 Å². The average molecular weight is 420 g/mol. The van der Waals surface area contributed by atoms with E-state index in [1.807, 2.05) is 0 Å². The molecular weight excluding hydrogens is 408 g/mol. The maximum absolute atomic E-state index is 14.3. The standard InChI is InChI=1S/C17H12F4N8O/c1-30-8-3-2-7(18)11(17(19,20)21)9(8)13-10-12(24)6(4-22)14(25)28-15(10)29-16(27-13)26-5-23/h2-3,13H,1H3,(H6,24,25,26,27,28,29). The van der Waals surface area contributed by atoms with E-state index in [2.05, 4.69) is 20.6 Å². The number of ether oxygens (including phenoxy) is 1. The first-order chi connectivity index (χ1) is 14.1. The first-order valence-electron chi connectivity index (χ1n) is 8.06. The van der Waals surface area contributed by atoms with E-state index >= 15 is 0 Å². The van der Waals surface area contributed by atoms with Crippen LogP contribution < -0.4 is 26.8 Å². The number of nitrogens with two attached hydrogens (primary N) is 2. The number of nitrogens with one attached hydrogen (secondary N) is 2. The summed E-state index contributed by atoms with van der Waals surface area (Å²) in [6.45, 7) is 0. The Morgan fingerprint density at radius 1 is 1.23 bits per heavy atom. The molecule has 1 aromatic heterocycles. The van der Waals surface area contributed by atoms with Gasteiger partial charge in [-0.3, -0.25) is 5.32 Å². The van der Waals surface area contributed by atoms with Crippen molar-refractivity contribution in [3.63, 3.8) is 0 Å². The number of guanidine groups is 1. The maximum Gasteiger partial charge on any atom is 0.419 e. The SMILES string of the molecule is COc1ccc(F)c(C(F)(F)F)c1C1N=C(NC#N)Nc2nc(N)c(C#N)c(N)c21. The Kier molecular flexibility index (Phi) is 4.97. The topological polar surface area (TPSA) is 158 Å². The summed E-state index contributed by atoms with van der Waals surface area (Å²) in [7, 11) is 1.10. The molecule has 1 aliphatic heterocycles. The van der Waals surface area contributed by atoms with Gasteiger partial charge in [0.15, 0.2) is 6.19 Å². The lowest BCUT2D eigenvalue weighted by Gasteiger charge is -2.29. The van der Waals surface area contributed by atoms with Gasteiger partial charge in [-0.15, -0.1) is 0 Å². The summed E-state index contributed by atoms with van der Waals surface area (Å²) in [5.74, 6) is -2.63. The first-order valence-corrected chi connectivity index (χ1v) is 8.06. The van der Waals surface area contributed by atoms with Gasteiger partial charge >= 0.3 is 6.18 Å². The normalized spacial score (nSPS) is 15.2. The van der Waals surface area contributed by atoms with Crippen molar-refractivity contribution in [1.82, 2.24) is 10.3 Å². The molecule has 1 atom stereocenters. The van der Waals surface area contributed by atoms with Crippen LogP contribution in [-0.2, 0) is 6.18 Å². The van der Waals surface area contributed by atoms with E-state index in [4.69, 9.17) is 21.5 Å². The van der Waals surface area contributed by atoms with Crippen LogP contribution in [0.1, 0.15) is 28.3 Å². The van der Waals surface area contributed by atoms with Crippen LogP contribution in [0, 0.1) is 28.6 Å².